The maximum Gasteiger partial charge on any atom is 0.228 e. The number of amides is 1. The van der Waals surface area contributed by atoms with Crippen molar-refractivity contribution in [2.24, 2.45) is 5.41 Å². The van der Waals surface area contributed by atoms with Crippen LogP contribution < -0.4 is 20.1 Å². The van der Waals surface area contributed by atoms with E-state index in [2.05, 4.69) is 16.8 Å². The molecule has 2 heterocycles. The monoisotopic (exact) mass is 399 g/mol. The third-order valence-electron chi connectivity index (χ3n) is 6.29. The van der Waals surface area contributed by atoms with Crippen molar-refractivity contribution in [2.75, 3.05) is 51.0 Å². The minimum absolute atomic E-state index is 0.179. The van der Waals surface area contributed by atoms with Gasteiger partial charge in [-0.1, -0.05) is 19.8 Å². The first-order valence-electron chi connectivity index (χ1n) is 10.2. The number of rotatable bonds is 4. The lowest BCUT2D eigenvalue weighted by atomic mass is 9.87. The van der Waals surface area contributed by atoms with Gasteiger partial charge >= 0.3 is 0 Å². The number of anilines is 2. The second-order valence-corrected chi connectivity index (χ2v) is 8.18. The number of hydrogen-bond donors (Lipinski definition) is 1. The molecule has 8 heteroatoms. The fraction of sp³-hybridized carbons (Fsp3) is 0.571. The maximum absolute atomic E-state index is 13.0. The Morgan fingerprint density at radius 2 is 1.66 bits per heavy atom. The molecule has 1 aromatic heterocycles. The van der Waals surface area contributed by atoms with Crippen LogP contribution in [0.1, 0.15) is 32.6 Å². The Morgan fingerprint density at radius 1 is 1.03 bits per heavy atom. The van der Waals surface area contributed by atoms with Crippen LogP contribution in [-0.4, -0.2) is 61.2 Å². The van der Waals surface area contributed by atoms with Crippen LogP contribution >= 0.6 is 0 Å². The summed E-state index contributed by atoms with van der Waals surface area (Å²) in [7, 11) is 3.18. The largest absolute Gasteiger partial charge is 0.493 e. The molecular weight excluding hydrogens is 370 g/mol. The standard InChI is InChI=1S/C21H29N5O3/c1-21(6-4-5-7-21)19(27)25-8-10-26(11-9-25)20-23-15-13-17(29-3)16(28-2)12-14(15)18(22)24-20/h12-13H,4-11H2,1-3H3,(H2,22,23,24). The number of nitrogen functional groups attached to an aromatic ring is 1. The highest BCUT2D eigenvalue weighted by Crippen LogP contribution is 2.39. The van der Waals surface area contributed by atoms with Crippen LogP contribution in [0.25, 0.3) is 10.9 Å². The number of carbonyl (C=O) groups is 1. The molecule has 0 unspecified atom stereocenters. The normalized spacial score (nSPS) is 18.9. The van der Waals surface area contributed by atoms with E-state index in [4.69, 9.17) is 20.2 Å². The number of carbonyl (C=O) groups excluding carboxylic acids is 1. The number of benzene rings is 1. The predicted molar refractivity (Wildman–Crippen MR) is 112 cm³/mol. The van der Waals surface area contributed by atoms with E-state index >= 15 is 0 Å². The molecule has 1 amide bonds. The Bertz CT molecular complexity index is 918. The number of fused-ring (bicyclic) bond motifs is 1. The van der Waals surface area contributed by atoms with Gasteiger partial charge in [0.2, 0.25) is 11.9 Å². The van der Waals surface area contributed by atoms with E-state index in [-0.39, 0.29) is 5.41 Å². The predicted octanol–water partition coefficient (Wildman–Crippen LogP) is 2.46. The molecule has 156 valence electrons. The van der Waals surface area contributed by atoms with Crippen LogP contribution in [0.3, 0.4) is 0 Å². The summed E-state index contributed by atoms with van der Waals surface area (Å²) in [6, 6.07) is 3.61. The van der Waals surface area contributed by atoms with E-state index in [1.807, 2.05) is 11.0 Å². The smallest absolute Gasteiger partial charge is 0.228 e. The highest BCUT2D eigenvalue weighted by Gasteiger charge is 2.40. The van der Waals surface area contributed by atoms with Gasteiger partial charge in [-0.25, -0.2) is 4.98 Å². The lowest BCUT2D eigenvalue weighted by Gasteiger charge is -2.38. The first kappa shape index (κ1) is 19.5. The quantitative estimate of drug-likeness (QED) is 0.844. The fourth-order valence-corrected chi connectivity index (χ4v) is 4.47. The molecule has 29 heavy (non-hydrogen) atoms. The van der Waals surface area contributed by atoms with Gasteiger partial charge in [0, 0.05) is 43.0 Å². The van der Waals surface area contributed by atoms with E-state index in [9.17, 15) is 4.79 Å². The number of hydrogen-bond acceptors (Lipinski definition) is 7. The van der Waals surface area contributed by atoms with Gasteiger partial charge in [-0.3, -0.25) is 4.79 Å². The Balaban J connectivity index is 1.53. The summed E-state index contributed by atoms with van der Waals surface area (Å²) < 4.78 is 10.7. The summed E-state index contributed by atoms with van der Waals surface area (Å²) in [5, 5.41) is 0.731. The van der Waals surface area contributed by atoms with Gasteiger partial charge in [0.1, 0.15) is 5.82 Å². The zero-order chi connectivity index (χ0) is 20.6. The highest BCUT2D eigenvalue weighted by atomic mass is 16.5. The molecule has 1 saturated heterocycles. The van der Waals surface area contributed by atoms with Crippen molar-refractivity contribution in [3.8, 4) is 11.5 Å². The van der Waals surface area contributed by atoms with E-state index in [0.29, 0.717) is 60.9 Å². The molecule has 1 aliphatic carbocycles. The third-order valence-corrected chi connectivity index (χ3v) is 6.29. The van der Waals surface area contributed by atoms with E-state index in [1.165, 1.54) is 0 Å². The summed E-state index contributed by atoms with van der Waals surface area (Å²) in [4.78, 5) is 26.3. The first-order chi connectivity index (χ1) is 13.9. The summed E-state index contributed by atoms with van der Waals surface area (Å²) in [6.45, 7) is 4.87. The van der Waals surface area contributed by atoms with Crippen molar-refractivity contribution < 1.29 is 14.3 Å². The van der Waals surface area contributed by atoms with Gasteiger partial charge in [0.05, 0.1) is 19.7 Å². The molecule has 2 fully saturated rings. The molecular formula is C21H29N5O3. The summed E-state index contributed by atoms with van der Waals surface area (Å²) >= 11 is 0. The number of aromatic nitrogens is 2. The third kappa shape index (κ3) is 3.52. The lowest BCUT2D eigenvalue weighted by molar-refractivity contribution is -0.141. The van der Waals surface area contributed by atoms with Crippen molar-refractivity contribution in [1.29, 1.82) is 0 Å². The molecule has 2 aliphatic rings. The van der Waals surface area contributed by atoms with Crippen LogP contribution in [0.15, 0.2) is 12.1 Å². The Hall–Kier alpha value is -2.77. The minimum atomic E-state index is -0.179. The molecule has 1 aromatic carbocycles. The Morgan fingerprint density at radius 3 is 2.28 bits per heavy atom. The van der Waals surface area contributed by atoms with Crippen LogP contribution in [0, 0.1) is 5.41 Å². The van der Waals surface area contributed by atoms with Crippen molar-refractivity contribution in [3.63, 3.8) is 0 Å². The molecule has 8 nitrogen and oxygen atoms in total. The lowest BCUT2D eigenvalue weighted by Crippen LogP contribution is -2.52. The molecule has 0 bridgehead atoms. The van der Waals surface area contributed by atoms with E-state index in [1.54, 1.807) is 20.3 Å². The molecule has 0 atom stereocenters. The van der Waals surface area contributed by atoms with Gasteiger partial charge in [-0.05, 0) is 18.9 Å². The molecule has 2 aromatic rings. The average Bonchev–Trinajstić information content (AvgIpc) is 3.20. The van der Waals surface area contributed by atoms with Crippen LogP contribution in [0.2, 0.25) is 0 Å². The SMILES string of the molecule is COc1cc2nc(N3CCN(C(=O)C4(C)CCCC4)CC3)nc(N)c2cc1OC. The number of piperazine rings is 1. The van der Waals surface area contributed by atoms with E-state index < -0.39 is 0 Å². The average molecular weight is 399 g/mol. The number of ether oxygens (including phenoxy) is 2. The van der Waals surface area contributed by atoms with Gasteiger partial charge in [0.15, 0.2) is 11.5 Å². The van der Waals surface area contributed by atoms with Crippen molar-refractivity contribution >= 4 is 28.6 Å². The number of methoxy groups -OCH3 is 2. The van der Waals surface area contributed by atoms with Crippen LogP contribution in [-0.2, 0) is 4.79 Å². The minimum Gasteiger partial charge on any atom is -0.493 e. The zero-order valence-electron chi connectivity index (χ0n) is 17.4. The van der Waals surface area contributed by atoms with Gasteiger partial charge in [-0.2, -0.15) is 4.98 Å². The molecule has 4 rings (SSSR count). The van der Waals surface area contributed by atoms with Crippen molar-refractivity contribution in [1.82, 2.24) is 14.9 Å². The first-order valence-corrected chi connectivity index (χ1v) is 10.2. The van der Waals surface area contributed by atoms with Gasteiger partial charge < -0.3 is 25.0 Å². The van der Waals surface area contributed by atoms with Crippen molar-refractivity contribution in [2.45, 2.75) is 32.6 Å². The fourth-order valence-electron chi connectivity index (χ4n) is 4.47. The maximum atomic E-state index is 13.0. The summed E-state index contributed by atoms with van der Waals surface area (Å²) in [6.07, 6.45) is 4.31. The van der Waals surface area contributed by atoms with Crippen molar-refractivity contribution in [3.05, 3.63) is 12.1 Å². The summed E-state index contributed by atoms with van der Waals surface area (Å²) in [5.41, 5.74) is 6.75. The zero-order valence-corrected chi connectivity index (χ0v) is 17.4. The highest BCUT2D eigenvalue weighted by molar-refractivity contribution is 5.91. The molecule has 1 aliphatic heterocycles. The Kier molecular flexibility index (Phi) is 5.10. The van der Waals surface area contributed by atoms with Gasteiger partial charge in [0.25, 0.3) is 0 Å². The van der Waals surface area contributed by atoms with Crippen LogP contribution in [0.4, 0.5) is 11.8 Å². The molecule has 2 N–H and O–H groups in total. The number of nitrogens with zero attached hydrogens (tertiary/aromatic N) is 4. The van der Waals surface area contributed by atoms with Crippen LogP contribution in [0.5, 0.6) is 11.5 Å². The molecule has 0 radical (unpaired) electrons. The topological polar surface area (TPSA) is 93.8 Å². The molecule has 1 saturated carbocycles. The second-order valence-electron chi connectivity index (χ2n) is 8.18. The van der Waals surface area contributed by atoms with E-state index in [0.717, 1.165) is 31.1 Å². The molecule has 0 spiro atoms. The number of nitrogens with two attached hydrogens (primary N) is 1. The second kappa shape index (κ2) is 7.57. The Labute approximate surface area is 171 Å². The summed E-state index contributed by atoms with van der Waals surface area (Å²) in [5.74, 6) is 2.48. The van der Waals surface area contributed by atoms with Gasteiger partial charge in [-0.15, -0.1) is 0 Å².